The smallest absolute Gasteiger partial charge is 0.258 e. The Morgan fingerprint density at radius 1 is 0.771 bits per heavy atom. The van der Waals surface area contributed by atoms with Crippen molar-refractivity contribution in [3.8, 4) is 0 Å². The first kappa shape index (κ1) is 22.9. The molecule has 4 aromatic carbocycles. The lowest BCUT2D eigenvalue weighted by molar-refractivity contribution is -0.115. The van der Waals surface area contributed by atoms with Crippen molar-refractivity contribution in [1.29, 1.82) is 0 Å². The molecule has 6 heteroatoms. The van der Waals surface area contributed by atoms with Gasteiger partial charge in [0.2, 0.25) is 5.91 Å². The molecule has 0 bridgehead atoms. The van der Waals surface area contributed by atoms with Crippen molar-refractivity contribution in [2.24, 2.45) is 0 Å². The second kappa shape index (κ2) is 10.2. The average Bonchev–Trinajstić information content (AvgIpc) is 3.05. The number of amides is 2. The van der Waals surface area contributed by atoms with Gasteiger partial charge in [-0.05, 0) is 72.5 Å². The Morgan fingerprint density at radius 2 is 1.34 bits per heavy atom. The van der Waals surface area contributed by atoms with Crippen molar-refractivity contribution >= 4 is 40.6 Å². The lowest BCUT2D eigenvalue weighted by Gasteiger charge is -2.25. The van der Waals surface area contributed by atoms with Crippen LogP contribution in [0.25, 0.3) is 0 Å². The molecule has 0 spiro atoms. The van der Waals surface area contributed by atoms with Crippen molar-refractivity contribution in [3.63, 3.8) is 0 Å². The fourth-order valence-electron chi connectivity index (χ4n) is 4.24. The molecule has 0 aliphatic carbocycles. The number of fused-ring (bicyclic) bond motifs is 2. The number of nitrogens with zero attached hydrogens (tertiary/aromatic N) is 1. The third-order valence-electron chi connectivity index (χ3n) is 5.97. The molecule has 1 aliphatic rings. The summed E-state index contributed by atoms with van der Waals surface area (Å²) < 4.78 is 13.8. The molecule has 4 aromatic rings. The zero-order valence-corrected chi connectivity index (χ0v) is 19.7. The van der Waals surface area contributed by atoms with Crippen LogP contribution >= 0.6 is 11.8 Å². The standard InChI is InChI=1S/C29H23FN2O2S/c30-25-10-4-3-9-24(25)29(34)31-22-15-17-23(18-16-22)35-19-28(33)32-26-11-5-1-7-20(26)13-14-21-8-2-6-12-27(21)32/h1-12,15-18H,13-14,19H2,(H,31,34). The summed E-state index contributed by atoms with van der Waals surface area (Å²) in [4.78, 5) is 28.5. The Kier molecular flexibility index (Phi) is 6.64. The van der Waals surface area contributed by atoms with Crippen LogP contribution in [-0.2, 0) is 17.6 Å². The fraction of sp³-hybridized carbons (Fsp3) is 0.103. The van der Waals surface area contributed by atoms with E-state index >= 15 is 0 Å². The van der Waals surface area contributed by atoms with E-state index in [1.807, 2.05) is 53.4 Å². The molecular formula is C29H23FN2O2S. The van der Waals surface area contributed by atoms with Crippen molar-refractivity contribution in [2.45, 2.75) is 17.7 Å². The van der Waals surface area contributed by atoms with E-state index in [2.05, 4.69) is 17.4 Å². The normalized spacial score (nSPS) is 12.3. The van der Waals surface area contributed by atoms with Gasteiger partial charge in [-0.25, -0.2) is 4.39 Å². The largest absolute Gasteiger partial charge is 0.322 e. The molecule has 5 rings (SSSR count). The summed E-state index contributed by atoms with van der Waals surface area (Å²) in [5, 5.41) is 2.71. The number of carbonyl (C=O) groups is 2. The summed E-state index contributed by atoms with van der Waals surface area (Å²) in [6.07, 6.45) is 1.79. The highest BCUT2D eigenvalue weighted by Gasteiger charge is 2.25. The van der Waals surface area contributed by atoms with E-state index in [9.17, 15) is 14.0 Å². The molecule has 0 radical (unpaired) electrons. The van der Waals surface area contributed by atoms with Crippen molar-refractivity contribution < 1.29 is 14.0 Å². The SMILES string of the molecule is O=C(Nc1ccc(SCC(=O)N2c3ccccc3CCc3ccccc32)cc1)c1ccccc1F. The minimum atomic E-state index is -0.563. The number of hydrogen-bond donors (Lipinski definition) is 1. The van der Waals surface area contributed by atoms with Gasteiger partial charge in [-0.3, -0.25) is 14.5 Å². The van der Waals surface area contributed by atoms with Gasteiger partial charge in [0.05, 0.1) is 22.7 Å². The molecule has 1 aliphatic heterocycles. The van der Waals surface area contributed by atoms with Crippen LogP contribution in [0.15, 0.2) is 102 Å². The van der Waals surface area contributed by atoms with E-state index in [0.29, 0.717) is 5.69 Å². The molecule has 0 atom stereocenters. The number of hydrogen-bond acceptors (Lipinski definition) is 3. The molecule has 0 saturated heterocycles. The van der Waals surface area contributed by atoms with Gasteiger partial charge >= 0.3 is 0 Å². The van der Waals surface area contributed by atoms with Gasteiger partial charge in [-0.2, -0.15) is 0 Å². The van der Waals surface area contributed by atoms with E-state index in [0.717, 1.165) is 40.2 Å². The Labute approximate surface area is 207 Å². The van der Waals surface area contributed by atoms with E-state index < -0.39 is 11.7 Å². The van der Waals surface area contributed by atoms with Crippen LogP contribution in [0.2, 0.25) is 0 Å². The van der Waals surface area contributed by atoms with E-state index in [4.69, 9.17) is 0 Å². The van der Waals surface area contributed by atoms with Crippen LogP contribution < -0.4 is 10.2 Å². The number of benzene rings is 4. The number of rotatable bonds is 5. The minimum Gasteiger partial charge on any atom is -0.322 e. The van der Waals surface area contributed by atoms with E-state index in [1.54, 1.807) is 24.3 Å². The van der Waals surface area contributed by atoms with E-state index in [1.165, 1.54) is 23.9 Å². The summed E-state index contributed by atoms with van der Waals surface area (Å²) in [6, 6.07) is 29.2. The van der Waals surface area contributed by atoms with Crippen molar-refractivity contribution in [1.82, 2.24) is 0 Å². The molecule has 174 valence electrons. The maximum Gasteiger partial charge on any atom is 0.258 e. The Morgan fingerprint density at radius 3 is 1.97 bits per heavy atom. The van der Waals surface area contributed by atoms with Gasteiger partial charge in [0.15, 0.2) is 0 Å². The van der Waals surface area contributed by atoms with Gasteiger partial charge in [0.1, 0.15) is 5.82 Å². The van der Waals surface area contributed by atoms with Crippen molar-refractivity contribution in [3.05, 3.63) is 120 Å². The third kappa shape index (κ3) is 4.98. The zero-order chi connectivity index (χ0) is 24.2. The summed E-state index contributed by atoms with van der Waals surface area (Å²) >= 11 is 1.44. The minimum absolute atomic E-state index is 0.00504. The Hall–Kier alpha value is -3.90. The summed E-state index contributed by atoms with van der Waals surface area (Å²) in [5.74, 6) is -0.790. The topological polar surface area (TPSA) is 49.4 Å². The first-order chi connectivity index (χ1) is 17.1. The molecule has 35 heavy (non-hydrogen) atoms. The molecule has 0 aromatic heterocycles. The predicted molar refractivity (Wildman–Crippen MR) is 139 cm³/mol. The number of halogens is 1. The van der Waals surface area contributed by atoms with Crippen LogP contribution in [0, 0.1) is 5.82 Å². The molecule has 0 saturated carbocycles. The van der Waals surface area contributed by atoms with E-state index in [-0.39, 0.29) is 17.2 Å². The predicted octanol–water partition coefficient (Wildman–Crippen LogP) is 6.63. The lowest BCUT2D eigenvalue weighted by Crippen LogP contribution is -2.28. The van der Waals surface area contributed by atoms with Crippen LogP contribution in [0.5, 0.6) is 0 Å². The van der Waals surface area contributed by atoms with Crippen LogP contribution in [0.4, 0.5) is 21.5 Å². The number of carbonyl (C=O) groups excluding carboxylic acids is 2. The van der Waals surface area contributed by atoms with Crippen LogP contribution in [0.1, 0.15) is 21.5 Å². The molecule has 0 unspecified atom stereocenters. The van der Waals surface area contributed by atoms with Crippen LogP contribution in [-0.4, -0.2) is 17.6 Å². The van der Waals surface area contributed by atoms with Crippen LogP contribution in [0.3, 0.4) is 0 Å². The molecule has 0 fully saturated rings. The summed E-state index contributed by atoms with van der Waals surface area (Å²) in [7, 11) is 0. The number of thioether (sulfide) groups is 1. The highest BCUT2D eigenvalue weighted by atomic mass is 32.2. The van der Waals surface area contributed by atoms with Gasteiger partial charge < -0.3 is 5.32 Å². The maximum absolute atomic E-state index is 13.8. The molecule has 4 nitrogen and oxygen atoms in total. The van der Waals surface area contributed by atoms with Gasteiger partial charge in [-0.1, -0.05) is 48.5 Å². The number of nitrogens with one attached hydrogen (secondary N) is 1. The molecular weight excluding hydrogens is 459 g/mol. The molecule has 1 N–H and O–H groups in total. The van der Waals surface area contributed by atoms with Gasteiger partial charge in [-0.15, -0.1) is 11.8 Å². The third-order valence-corrected chi connectivity index (χ3v) is 6.97. The van der Waals surface area contributed by atoms with Gasteiger partial charge in [0, 0.05) is 10.6 Å². The number of anilines is 3. The molecule has 2 amide bonds. The average molecular weight is 483 g/mol. The summed E-state index contributed by atoms with van der Waals surface area (Å²) in [6.45, 7) is 0. The quantitative estimate of drug-likeness (QED) is 0.325. The number of aryl methyl sites for hydroxylation is 2. The monoisotopic (exact) mass is 482 g/mol. The first-order valence-corrected chi connectivity index (χ1v) is 12.4. The molecule has 1 heterocycles. The second-order valence-corrected chi connectivity index (χ2v) is 9.28. The first-order valence-electron chi connectivity index (χ1n) is 11.4. The summed E-state index contributed by atoms with van der Waals surface area (Å²) in [5.41, 5.74) is 4.76. The zero-order valence-electron chi connectivity index (χ0n) is 18.9. The Balaban J connectivity index is 1.29. The highest BCUT2D eigenvalue weighted by molar-refractivity contribution is 8.00. The highest BCUT2D eigenvalue weighted by Crippen LogP contribution is 2.36. The van der Waals surface area contributed by atoms with Gasteiger partial charge in [0.25, 0.3) is 5.91 Å². The maximum atomic E-state index is 13.8. The fourth-order valence-corrected chi connectivity index (χ4v) is 4.98. The second-order valence-electron chi connectivity index (χ2n) is 8.23. The van der Waals surface area contributed by atoms with Crippen molar-refractivity contribution in [2.75, 3.05) is 16.0 Å². The Bertz CT molecular complexity index is 1340. The lowest BCUT2D eigenvalue weighted by atomic mass is 10.0. The number of para-hydroxylation sites is 2.